The van der Waals surface area contributed by atoms with Crippen LogP contribution in [-0.4, -0.2) is 45.1 Å². The number of amides is 2. The average molecular weight is 358 g/mol. The number of hydrogen-bond donors (Lipinski definition) is 2. The molecule has 7 nitrogen and oxygen atoms in total. The van der Waals surface area contributed by atoms with Gasteiger partial charge in [0.1, 0.15) is 5.82 Å². The van der Waals surface area contributed by atoms with Crippen molar-refractivity contribution < 1.29 is 27.9 Å². The molecule has 1 saturated carbocycles. The Kier molecular flexibility index (Phi) is 4.29. The molecule has 0 spiro atoms. The van der Waals surface area contributed by atoms with Gasteiger partial charge in [0.15, 0.2) is 0 Å². The first-order valence-corrected chi connectivity index (χ1v) is 7.87. The molecule has 1 aliphatic heterocycles. The molecule has 1 aliphatic carbocycles. The highest BCUT2D eigenvalue weighted by molar-refractivity contribution is 5.80. The van der Waals surface area contributed by atoms with Crippen LogP contribution in [0.15, 0.2) is 12.4 Å². The normalized spacial score (nSPS) is 25.7. The standard InChI is InChI=1S/C15H17F3N4O3/c16-15(17,18)10-4-19-11(20-5-10)6-21-13(25)22-7-9-2-1-3-14(9,8-22)12(23)24/h4-5,9H,1-3,6-8H2,(H,21,25)(H,23,24)/t9-,14+/m0/s1. The van der Waals surface area contributed by atoms with E-state index in [1.807, 2.05) is 0 Å². The molecular formula is C15H17F3N4O3. The number of nitrogens with zero attached hydrogens (tertiary/aromatic N) is 3. The average Bonchev–Trinajstić information content (AvgIpc) is 3.10. The number of aromatic nitrogens is 2. The van der Waals surface area contributed by atoms with Gasteiger partial charge in [-0.2, -0.15) is 13.2 Å². The number of hydrogen-bond acceptors (Lipinski definition) is 4. The van der Waals surface area contributed by atoms with E-state index in [0.717, 1.165) is 12.8 Å². The van der Waals surface area contributed by atoms with Crippen molar-refractivity contribution in [1.82, 2.24) is 20.2 Å². The molecule has 2 heterocycles. The summed E-state index contributed by atoms with van der Waals surface area (Å²) in [6, 6.07) is -0.460. The summed E-state index contributed by atoms with van der Waals surface area (Å²) >= 11 is 0. The Hall–Kier alpha value is -2.39. The Balaban J connectivity index is 1.58. The molecule has 0 bridgehead atoms. The molecule has 1 aromatic heterocycles. The Bertz CT molecular complexity index is 680. The number of halogens is 3. The van der Waals surface area contributed by atoms with Crippen molar-refractivity contribution in [2.45, 2.75) is 32.0 Å². The molecule has 25 heavy (non-hydrogen) atoms. The lowest BCUT2D eigenvalue weighted by atomic mass is 9.81. The lowest BCUT2D eigenvalue weighted by Crippen LogP contribution is -2.41. The molecule has 3 rings (SSSR count). The lowest BCUT2D eigenvalue weighted by molar-refractivity contribution is -0.149. The minimum Gasteiger partial charge on any atom is -0.481 e. The maximum absolute atomic E-state index is 12.4. The number of fused-ring (bicyclic) bond motifs is 1. The summed E-state index contributed by atoms with van der Waals surface area (Å²) in [5.41, 5.74) is -1.83. The highest BCUT2D eigenvalue weighted by Crippen LogP contribution is 2.48. The fourth-order valence-electron chi connectivity index (χ4n) is 3.65. The van der Waals surface area contributed by atoms with E-state index in [2.05, 4.69) is 15.3 Å². The zero-order chi connectivity index (χ0) is 18.2. The Morgan fingerprint density at radius 1 is 1.36 bits per heavy atom. The van der Waals surface area contributed by atoms with Gasteiger partial charge in [-0.3, -0.25) is 4.79 Å². The molecule has 1 saturated heterocycles. The number of likely N-dealkylation sites (tertiary alicyclic amines) is 1. The van der Waals surface area contributed by atoms with E-state index in [1.54, 1.807) is 0 Å². The number of carbonyl (C=O) groups excluding carboxylic acids is 1. The number of carbonyl (C=O) groups is 2. The van der Waals surface area contributed by atoms with E-state index in [-0.39, 0.29) is 24.8 Å². The summed E-state index contributed by atoms with van der Waals surface area (Å²) in [6.45, 7) is 0.386. The third kappa shape index (κ3) is 3.24. The molecule has 2 atom stereocenters. The number of nitrogens with one attached hydrogen (secondary N) is 1. The first-order valence-electron chi connectivity index (χ1n) is 7.87. The predicted octanol–water partition coefficient (Wildman–Crippen LogP) is 1.89. The van der Waals surface area contributed by atoms with E-state index in [4.69, 9.17) is 0 Å². The van der Waals surface area contributed by atoms with Crippen molar-refractivity contribution in [1.29, 1.82) is 0 Å². The monoisotopic (exact) mass is 358 g/mol. The van der Waals surface area contributed by atoms with Crippen LogP contribution >= 0.6 is 0 Å². The predicted molar refractivity (Wildman–Crippen MR) is 78.3 cm³/mol. The number of rotatable bonds is 3. The van der Waals surface area contributed by atoms with E-state index < -0.39 is 29.2 Å². The number of aliphatic carboxylic acids is 1. The highest BCUT2D eigenvalue weighted by Gasteiger charge is 2.55. The van der Waals surface area contributed by atoms with Gasteiger partial charge in [-0.1, -0.05) is 6.42 Å². The van der Waals surface area contributed by atoms with Crippen molar-refractivity contribution in [3.63, 3.8) is 0 Å². The van der Waals surface area contributed by atoms with Gasteiger partial charge in [0, 0.05) is 25.5 Å². The Morgan fingerprint density at radius 2 is 2.04 bits per heavy atom. The largest absolute Gasteiger partial charge is 0.481 e. The molecule has 0 radical (unpaired) electrons. The minimum absolute atomic E-state index is 0.0497. The van der Waals surface area contributed by atoms with E-state index in [9.17, 15) is 27.9 Å². The molecule has 10 heteroatoms. The smallest absolute Gasteiger partial charge is 0.419 e. The first-order chi connectivity index (χ1) is 11.7. The second-order valence-corrected chi connectivity index (χ2v) is 6.48. The highest BCUT2D eigenvalue weighted by atomic mass is 19.4. The van der Waals surface area contributed by atoms with Crippen molar-refractivity contribution >= 4 is 12.0 Å². The number of carboxylic acids is 1. The summed E-state index contributed by atoms with van der Waals surface area (Å²) in [5, 5.41) is 12.0. The van der Waals surface area contributed by atoms with Crippen LogP contribution in [0, 0.1) is 11.3 Å². The van der Waals surface area contributed by atoms with E-state index in [0.29, 0.717) is 25.4 Å². The number of carboxylic acid groups (broad SMARTS) is 1. The SMILES string of the molecule is O=C(NCc1ncc(C(F)(F)F)cn1)N1C[C@@H]2CCC[C@@]2(C(=O)O)C1. The summed E-state index contributed by atoms with van der Waals surface area (Å²) in [4.78, 5) is 32.4. The van der Waals surface area contributed by atoms with Crippen LogP contribution in [0.25, 0.3) is 0 Å². The Morgan fingerprint density at radius 3 is 2.60 bits per heavy atom. The molecular weight excluding hydrogens is 341 g/mol. The summed E-state index contributed by atoms with van der Waals surface area (Å²) in [5.74, 6) is -0.886. The zero-order valence-electron chi connectivity index (χ0n) is 13.2. The number of urea groups is 1. The quantitative estimate of drug-likeness (QED) is 0.860. The second kappa shape index (κ2) is 6.16. The molecule has 0 unspecified atom stereocenters. The van der Waals surface area contributed by atoms with Crippen molar-refractivity contribution in [2.75, 3.05) is 13.1 Å². The second-order valence-electron chi connectivity index (χ2n) is 6.48. The van der Waals surface area contributed by atoms with Crippen LogP contribution in [0.2, 0.25) is 0 Å². The molecule has 1 aromatic rings. The molecule has 136 valence electrons. The van der Waals surface area contributed by atoms with Crippen LogP contribution in [0.4, 0.5) is 18.0 Å². The van der Waals surface area contributed by atoms with E-state index >= 15 is 0 Å². The molecule has 2 aliphatic rings. The lowest BCUT2D eigenvalue weighted by Gasteiger charge is -2.23. The Labute approximate surface area is 141 Å². The van der Waals surface area contributed by atoms with Crippen LogP contribution in [0.1, 0.15) is 30.7 Å². The molecule has 0 aromatic carbocycles. The minimum atomic E-state index is -4.51. The van der Waals surface area contributed by atoms with Crippen molar-refractivity contribution in [2.24, 2.45) is 11.3 Å². The van der Waals surface area contributed by atoms with Crippen LogP contribution in [0.5, 0.6) is 0 Å². The fourth-order valence-corrected chi connectivity index (χ4v) is 3.65. The van der Waals surface area contributed by atoms with Crippen LogP contribution < -0.4 is 5.32 Å². The fraction of sp³-hybridized carbons (Fsp3) is 0.600. The van der Waals surface area contributed by atoms with Gasteiger partial charge in [0.05, 0.1) is 17.5 Å². The molecule has 2 N–H and O–H groups in total. The van der Waals surface area contributed by atoms with Gasteiger partial charge in [-0.15, -0.1) is 0 Å². The first kappa shape index (κ1) is 17.4. The van der Waals surface area contributed by atoms with Gasteiger partial charge in [0.2, 0.25) is 0 Å². The maximum atomic E-state index is 12.4. The summed E-state index contributed by atoms with van der Waals surface area (Å²) in [6.07, 6.45) is -1.02. The van der Waals surface area contributed by atoms with Gasteiger partial charge in [-0.05, 0) is 18.8 Å². The topological polar surface area (TPSA) is 95.4 Å². The summed E-state index contributed by atoms with van der Waals surface area (Å²) < 4.78 is 37.3. The molecule has 2 amide bonds. The van der Waals surface area contributed by atoms with Crippen molar-refractivity contribution in [3.05, 3.63) is 23.8 Å². The van der Waals surface area contributed by atoms with Crippen LogP contribution in [0.3, 0.4) is 0 Å². The summed E-state index contributed by atoms with van der Waals surface area (Å²) in [7, 11) is 0. The molecule has 2 fully saturated rings. The zero-order valence-corrected chi connectivity index (χ0v) is 13.2. The number of alkyl halides is 3. The maximum Gasteiger partial charge on any atom is 0.419 e. The van der Waals surface area contributed by atoms with Crippen molar-refractivity contribution in [3.8, 4) is 0 Å². The van der Waals surface area contributed by atoms with Gasteiger partial charge >= 0.3 is 18.2 Å². The van der Waals surface area contributed by atoms with Gasteiger partial charge in [0.25, 0.3) is 0 Å². The van der Waals surface area contributed by atoms with Gasteiger partial charge in [-0.25, -0.2) is 14.8 Å². The van der Waals surface area contributed by atoms with Crippen LogP contribution in [-0.2, 0) is 17.5 Å². The third-order valence-corrected chi connectivity index (χ3v) is 5.01. The van der Waals surface area contributed by atoms with Gasteiger partial charge < -0.3 is 15.3 Å². The third-order valence-electron chi connectivity index (χ3n) is 5.01. The van der Waals surface area contributed by atoms with E-state index in [1.165, 1.54) is 4.90 Å².